The summed E-state index contributed by atoms with van der Waals surface area (Å²) in [6.45, 7) is 7.14. The molecular weight excluding hydrogens is 513 g/mol. The summed E-state index contributed by atoms with van der Waals surface area (Å²) in [5, 5.41) is 0. The fourth-order valence-electron chi connectivity index (χ4n) is 4.64. The van der Waals surface area contributed by atoms with E-state index in [0.29, 0.717) is 45.3 Å². The Labute approximate surface area is 238 Å². The first-order valence-electron chi connectivity index (χ1n) is 15.4. The van der Waals surface area contributed by atoms with Crippen molar-refractivity contribution in [2.24, 2.45) is 11.7 Å². The van der Waals surface area contributed by atoms with Crippen LogP contribution >= 0.6 is 7.82 Å². The third-order valence-corrected chi connectivity index (χ3v) is 7.96. The minimum atomic E-state index is -4.22. The van der Waals surface area contributed by atoms with Gasteiger partial charge in [-0.2, -0.15) is 0 Å². The molecule has 0 fully saturated rings. The van der Waals surface area contributed by atoms with Gasteiger partial charge in [-0.1, -0.05) is 83.8 Å². The van der Waals surface area contributed by atoms with Gasteiger partial charge in [-0.15, -0.1) is 0 Å². The molecule has 0 aliphatic rings. The molecule has 0 heterocycles. The van der Waals surface area contributed by atoms with Crippen LogP contribution in [0.4, 0.5) is 0 Å². The topological polar surface area (TPSA) is 108 Å². The molecule has 0 bridgehead atoms. The van der Waals surface area contributed by atoms with Crippen LogP contribution in [-0.4, -0.2) is 36.5 Å². The van der Waals surface area contributed by atoms with Crippen molar-refractivity contribution in [1.82, 2.24) is 0 Å². The van der Waals surface area contributed by atoms with E-state index in [1.807, 2.05) is 31.2 Å². The number of phosphoric ester groups is 1. The smallest absolute Gasteiger partial charge is 0.472 e. The van der Waals surface area contributed by atoms with Crippen LogP contribution in [0.3, 0.4) is 0 Å². The molecule has 39 heavy (non-hydrogen) atoms. The second kappa shape index (κ2) is 22.4. The van der Waals surface area contributed by atoms with Crippen molar-refractivity contribution < 1.29 is 28.0 Å². The van der Waals surface area contributed by atoms with E-state index in [9.17, 15) is 14.3 Å². The first kappa shape index (κ1) is 35.8. The van der Waals surface area contributed by atoms with Crippen molar-refractivity contribution in [2.45, 2.75) is 130 Å². The van der Waals surface area contributed by atoms with Crippen molar-refractivity contribution >= 4 is 13.6 Å². The first-order chi connectivity index (χ1) is 18.8. The molecule has 0 saturated carbocycles. The maximum atomic E-state index is 12.4. The molecule has 0 saturated heterocycles. The molecule has 0 aromatic heterocycles. The van der Waals surface area contributed by atoms with Crippen molar-refractivity contribution in [3.63, 3.8) is 0 Å². The summed E-state index contributed by atoms with van der Waals surface area (Å²) in [4.78, 5) is 22.5. The molecule has 3 unspecified atom stereocenters. The van der Waals surface area contributed by atoms with E-state index >= 15 is 0 Å². The Kier molecular flexibility index (Phi) is 20.6. The molecule has 7 nitrogen and oxygen atoms in total. The number of hydrogen-bond acceptors (Lipinski definition) is 6. The molecule has 0 amide bonds. The van der Waals surface area contributed by atoms with Gasteiger partial charge < -0.3 is 15.4 Å². The highest BCUT2D eigenvalue weighted by Gasteiger charge is 2.27. The Hall–Kier alpha value is -1.24. The molecule has 0 spiro atoms. The fourth-order valence-corrected chi connectivity index (χ4v) is 5.66. The van der Waals surface area contributed by atoms with Gasteiger partial charge in [0.1, 0.15) is 11.5 Å². The van der Waals surface area contributed by atoms with Gasteiger partial charge in [-0.05, 0) is 69.2 Å². The third-order valence-electron chi connectivity index (χ3n) is 6.86. The molecule has 8 heteroatoms. The molecule has 3 N–H and O–H groups in total. The zero-order valence-electron chi connectivity index (χ0n) is 24.9. The molecule has 0 aliphatic carbocycles. The van der Waals surface area contributed by atoms with Crippen molar-refractivity contribution in [3.05, 3.63) is 29.8 Å². The van der Waals surface area contributed by atoms with E-state index in [1.54, 1.807) is 6.92 Å². The van der Waals surface area contributed by atoms with Crippen LogP contribution in [-0.2, 0) is 24.8 Å². The summed E-state index contributed by atoms with van der Waals surface area (Å²) in [6, 6.07) is 7.90. The molecule has 1 aromatic carbocycles. The van der Waals surface area contributed by atoms with Crippen LogP contribution in [0.2, 0.25) is 0 Å². The number of carbonyl (C=O) groups excluding carboxylic acids is 1. The van der Waals surface area contributed by atoms with E-state index in [2.05, 4.69) is 6.92 Å². The Morgan fingerprint density at radius 2 is 1.54 bits per heavy atom. The monoisotopic (exact) mass is 569 g/mol. The number of unbranched alkanes of at least 4 members (excludes halogenated alkanes) is 9. The Morgan fingerprint density at radius 3 is 2.13 bits per heavy atom. The molecule has 1 aromatic rings. The van der Waals surface area contributed by atoms with Gasteiger partial charge in [0.15, 0.2) is 0 Å². The van der Waals surface area contributed by atoms with Gasteiger partial charge in [-0.25, -0.2) is 4.57 Å². The number of rotatable bonds is 26. The second-order valence-corrected chi connectivity index (χ2v) is 12.3. The average molecular weight is 570 g/mol. The first-order valence-corrected chi connectivity index (χ1v) is 16.9. The normalized spacial score (nSPS) is 14.6. The van der Waals surface area contributed by atoms with Crippen molar-refractivity contribution in [3.8, 4) is 5.75 Å². The minimum Gasteiger partial charge on any atom is -0.494 e. The summed E-state index contributed by atoms with van der Waals surface area (Å²) >= 11 is 0. The molecule has 0 radical (unpaired) electrons. The summed E-state index contributed by atoms with van der Waals surface area (Å²) in [7, 11) is -4.22. The SMILES string of the molecule is CCCCCCCCCCCCOc1ccc(CC(COP(=O)(O)OC(C)CCCN)CC(=O)CCC)cc1. The van der Waals surface area contributed by atoms with Crippen LogP contribution in [0, 0.1) is 5.92 Å². The lowest BCUT2D eigenvalue weighted by Crippen LogP contribution is -2.18. The largest absolute Gasteiger partial charge is 0.494 e. The highest BCUT2D eigenvalue weighted by molar-refractivity contribution is 7.47. The lowest BCUT2D eigenvalue weighted by atomic mass is 9.94. The highest BCUT2D eigenvalue weighted by Crippen LogP contribution is 2.45. The summed E-state index contributed by atoms with van der Waals surface area (Å²) < 4.78 is 28.9. The number of benzene rings is 1. The van der Waals surface area contributed by atoms with Gasteiger partial charge in [0.05, 0.1) is 19.3 Å². The van der Waals surface area contributed by atoms with Gasteiger partial charge in [0.2, 0.25) is 0 Å². The Balaban J connectivity index is 2.45. The van der Waals surface area contributed by atoms with Crippen LogP contribution in [0.25, 0.3) is 0 Å². The van der Waals surface area contributed by atoms with E-state index in [1.165, 1.54) is 57.8 Å². The maximum absolute atomic E-state index is 12.4. The molecule has 226 valence electrons. The van der Waals surface area contributed by atoms with Crippen LogP contribution in [0.15, 0.2) is 24.3 Å². The van der Waals surface area contributed by atoms with Gasteiger partial charge in [-0.3, -0.25) is 13.8 Å². The average Bonchev–Trinajstić information content (AvgIpc) is 2.90. The molecule has 0 aliphatic heterocycles. The number of ketones is 1. The van der Waals surface area contributed by atoms with Crippen LogP contribution in [0.1, 0.15) is 123 Å². The van der Waals surface area contributed by atoms with Crippen LogP contribution < -0.4 is 10.5 Å². The Morgan fingerprint density at radius 1 is 0.923 bits per heavy atom. The number of ether oxygens (including phenoxy) is 1. The lowest BCUT2D eigenvalue weighted by molar-refractivity contribution is -0.120. The highest BCUT2D eigenvalue weighted by atomic mass is 31.2. The number of nitrogens with two attached hydrogens (primary N) is 1. The standard InChI is InChI=1S/C31H56NO6P/c1-4-6-7-8-9-10-11-12-13-14-23-36-31-20-18-28(19-21-31)24-29(25-30(33)16-5-2)26-37-39(34,35)38-27(3)17-15-22-32/h18-21,27,29H,4-17,22-26,32H2,1-3H3,(H,34,35). The summed E-state index contributed by atoms with van der Waals surface area (Å²) in [5.41, 5.74) is 6.53. The predicted octanol–water partition coefficient (Wildman–Crippen LogP) is 8.17. The Bertz CT molecular complexity index is 788. The quantitative estimate of drug-likeness (QED) is 0.0855. The van der Waals surface area contributed by atoms with E-state index in [-0.39, 0.29) is 18.3 Å². The fraction of sp³-hybridized carbons (Fsp3) is 0.774. The van der Waals surface area contributed by atoms with Crippen molar-refractivity contribution in [2.75, 3.05) is 19.8 Å². The molecule has 1 rings (SSSR count). The zero-order chi connectivity index (χ0) is 28.8. The van der Waals surface area contributed by atoms with Crippen molar-refractivity contribution in [1.29, 1.82) is 0 Å². The van der Waals surface area contributed by atoms with Crippen LogP contribution in [0.5, 0.6) is 5.75 Å². The summed E-state index contributed by atoms with van der Waals surface area (Å²) in [5.74, 6) is 0.752. The number of hydrogen-bond donors (Lipinski definition) is 2. The second-order valence-electron chi connectivity index (χ2n) is 10.8. The lowest BCUT2D eigenvalue weighted by Gasteiger charge is -2.21. The van der Waals surface area contributed by atoms with E-state index < -0.39 is 13.9 Å². The summed E-state index contributed by atoms with van der Waals surface area (Å²) in [6.07, 6.45) is 16.0. The number of Topliss-reactive ketones (excluding diaryl/α,β-unsaturated/α-hetero) is 1. The number of carbonyl (C=O) groups is 1. The van der Waals surface area contributed by atoms with Gasteiger partial charge >= 0.3 is 7.82 Å². The van der Waals surface area contributed by atoms with Gasteiger partial charge in [0, 0.05) is 12.8 Å². The van der Waals surface area contributed by atoms with E-state index in [4.69, 9.17) is 19.5 Å². The number of phosphoric acid groups is 1. The maximum Gasteiger partial charge on any atom is 0.472 e. The third kappa shape index (κ3) is 19.5. The molecular formula is C31H56NO6P. The van der Waals surface area contributed by atoms with Gasteiger partial charge in [0.25, 0.3) is 0 Å². The predicted molar refractivity (Wildman–Crippen MR) is 160 cm³/mol. The minimum absolute atomic E-state index is 0.0240. The zero-order valence-corrected chi connectivity index (χ0v) is 25.8. The molecule has 3 atom stereocenters. The van der Waals surface area contributed by atoms with E-state index in [0.717, 1.165) is 24.2 Å².